The van der Waals surface area contributed by atoms with Crippen molar-refractivity contribution in [3.05, 3.63) is 29.3 Å². The highest BCUT2D eigenvalue weighted by molar-refractivity contribution is 5.53. The number of nitrogens with one attached hydrogen (secondary N) is 1. The van der Waals surface area contributed by atoms with E-state index in [1.807, 2.05) is 0 Å². The highest BCUT2D eigenvalue weighted by atomic mass is 16.2. The molecule has 0 saturated carbocycles. The molecular formula is C18H32N2O. The number of nitrogens with zero attached hydrogens (tertiary/aromatic N) is 1. The number of aliphatic hydroxyl groups is 1. The second-order valence-electron chi connectivity index (χ2n) is 6.35. The van der Waals surface area contributed by atoms with E-state index in [4.69, 9.17) is 5.11 Å². The quantitative estimate of drug-likeness (QED) is 0.649. The van der Waals surface area contributed by atoms with Crippen LogP contribution in [0.25, 0.3) is 0 Å². The van der Waals surface area contributed by atoms with Crippen LogP contribution in [0.1, 0.15) is 44.2 Å². The van der Waals surface area contributed by atoms with Crippen molar-refractivity contribution in [2.45, 2.75) is 46.6 Å². The predicted molar refractivity (Wildman–Crippen MR) is 91.9 cm³/mol. The number of rotatable bonds is 10. The molecule has 21 heavy (non-hydrogen) atoms. The third-order valence-electron chi connectivity index (χ3n) is 3.71. The first-order chi connectivity index (χ1) is 10.0. The Hall–Kier alpha value is -1.06. The van der Waals surface area contributed by atoms with Gasteiger partial charge in [-0.1, -0.05) is 26.0 Å². The summed E-state index contributed by atoms with van der Waals surface area (Å²) in [7, 11) is 2.15. The molecule has 0 aromatic heterocycles. The smallest absolute Gasteiger partial charge is 0.0431 e. The maximum absolute atomic E-state index is 8.81. The maximum atomic E-state index is 8.81. The molecule has 2 N–H and O–H groups in total. The Bertz CT molecular complexity index is 404. The molecule has 120 valence electrons. The van der Waals surface area contributed by atoms with Crippen molar-refractivity contribution < 1.29 is 5.11 Å². The van der Waals surface area contributed by atoms with Gasteiger partial charge in [-0.25, -0.2) is 0 Å². The Balaban J connectivity index is 2.48. The molecule has 0 amide bonds. The third kappa shape index (κ3) is 6.96. The zero-order valence-electron chi connectivity index (χ0n) is 14.2. The summed E-state index contributed by atoms with van der Waals surface area (Å²) in [5.41, 5.74) is 4.00. The van der Waals surface area contributed by atoms with Gasteiger partial charge in [-0.3, -0.25) is 0 Å². The molecule has 0 radical (unpaired) electrons. The number of hydrogen-bond donors (Lipinski definition) is 2. The molecule has 0 aliphatic carbocycles. The second-order valence-corrected chi connectivity index (χ2v) is 6.35. The fraction of sp³-hybridized carbons (Fsp3) is 0.667. The lowest BCUT2D eigenvalue weighted by Crippen LogP contribution is -2.21. The van der Waals surface area contributed by atoms with Gasteiger partial charge >= 0.3 is 0 Å². The van der Waals surface area contributed by atoms with E-state index in [0.717, 1.165) is 38.9 Å². The highest BCUT2D eigenvalue weighted by Gasteiger charge is 2.05. The summed E-state index contributed by atoms with van der Waals surface area (Å²) >= 11 is 0. The number of anilines is 1. The number of aryl methyl sites for hydroxylation is 1. The molecule has 0 aliphatic heterocycles. The molecule has 0 fully saturated rings. The van der Waals surface area contributed by atoms with E-state index in [1.54, 1.807) is 0 Å². The van der Waals surface area contributed by atoms with Gasteiger partial charge in [0.1, 0.15) is 0 Å². The van der Waals surface area contributed by atoms with Crippen LogP contribution in [-0.2, 0) is 6.54 Å². The summed E-state index contributed by atoms with van der Waals surface area (Å²) in [5.74, 6) is 0.690. The normalized spacial score (nSPS) is 11.1. The topological polar surface area (TPSA) is 35.5 Å². The van der Waals surface area contributed by atoms with Crippen LogP contribution in [0.4, 0.5) is 5.69 Å². The molecule has 0 saturated heterocycles. The standard InChI is InChI=1S/C18H32N2O/c1-15(2)13-19-14-17-8-9-18(16(3)12-17)20(4)10-6-5-7-11-21/h8-9,12,15,19,21H,5-7,10-11,13-14H2,1-4H3. The number of aliphatic hydroxyl groups excluding tert-OH is 1. The van der Waals surface area contributed by atoms with Gasteiger partial charge in [-0.05, 0) is 55.8 Å². The summed E-state index contributed by atoms with van der Waals surface area (Å²) in [4.78, 5) is 2.32. The third-order valence-corrected chi connectivity index (χ3v) is 3.71. The largest absolute Gasteiger partial charge is 0.396 e. The summed E-state index contributed by atoms with van der Waals surface area (Å²) in [6.45, 7) is 10.0. The van der Waals surface area contributed by atoms with E-state index in [9.17, 15) is 0 Å². The molecule has 3 nitrogen and oxygen atoms in total. The van der Waals surface area contributed by atoms with Crippen molar-refractivity contribution in [1.82, 2.24) is 5.32 Å². The Labute approximate surface area is 130 Å². The van der Waals surface area contributed by atoms with E-state index in [1.165, 1.54) is 16.8 Å². The first kappa shape index (κ1) is 18.0. The molecule has 0 spiro atoms. The minimum absolute atomic E-state index is 0.306. The maximum Gasteiger partial charge on any atom is 0.0431 e. The lowest BCUT2D eigenvalue weighted by molar-refractivity contribution is 0.283. The van der Waals surface area contributed by atoms with Gasteiger partial charge < -0.3 is 15.3 Å². The van der Waals surface area contributed by atoms with Gasteiger partial charge in [-0.2, -0.15) is 0 Å². The zero-order valence-corrected chi connectivity index (χ0v) is 14.2. The first-order valence-corrected chi connectivity index (χ1v) is 8.16. The van der Waals surface area contributed by atoms with E-state index < -0.39 is 0 Å². The molecule has 0 aliphatic rings. The van der Waals surface area contributed by atoms with Gasteiger partial charge in [0.15, 0.2) is 0 Å². The Morgan fingerprint density at radius 2 is 1.95 bits per heavy atom. The van der Waals surface area contributed by atoms with E-state index in [-0.39, 0.29) is 0 Å². The van der Waals surface area contributed by atoms with Crippen LogP contribution in [-0.4, -0.2) is 31.9 Å². The van der Waals surface area contributed by atoms with Crippen LogP contribution in [0.15, 0.2) is 18.2 Å². The number of unbranched alkanes of at least 4 members (excludes halogenated alkanes) is 2. The molecule has 1 aromatic carbocycles. The Morgan fingerprint density at radius 1 is 1.19 bits per heavy atom. The van der Waals surface area contributed by atoms with Crippen LogP contribution in [0.2, 0.25) is 0 Å². The summed E-state index contributed by atoms with van der Waals surface area (Å²) in [6.07, 6.45) is 3.14. The van der Waals surface area contributed by atoms with Gasteiger partial charge in [0.05, 0.1) is 0 Å². The fourth-order valence-corrected chi connectivity index (χ4v) is 2.52. The lowest BCUT2D eigenvalue weighted by Gasteiger charge is -2.22. The molecule has 0 bridgehead atoms. The van der Waals surface area contributed by atoms with Crippen LogP contribution < -0.4 is 10.2 Å². The minimum atomic E-state index is 0.306. The van der Waals surface area contributed by atoms with Crippen molar-refractivity contribution in [2.24, 2.45) is 5.92 Å². The summed E-state index contributed by atoms with van der Waals surface area (Å²) in [5, 5.41) is 12.3. The van der Waals surface area contributed by atoms with Crippen molar-refractivity contribution in [3.8, 4) is 0 Å². The Kier molecular flexibility index (Phi) is 8.40. The van der Waals surface area contributed by atoms with E-state index in [2.05, 4.69) is 56.2 Å². The van der Waals surface area contributed by atoms with Crippen LogP contribution >= 0.6 is 0 Å². The van der Waals surface area contributed by atoms with Crippen LogP contribution in [0.3, 0.4) is 0 Å². The SMILES string of the molecule is Cc1cc(CNCC(C)C)ccc1N(C)CCCCCO. The van der Waals surface area contributed by atoms with Gasteiger partial charge in [0, 0.05) is 32.4 Å². The summed E-state index contributed by atoms with van der Waals surface area (Å²) < 4.78 is 0. The van der Waals surface area contributed by atoms with Crippen molar-refractivity contribution in [3.63, 3.8) is 0 Å². The van der Waals surface area contributed by atoms with Gasteiger partial charge in [0.25, 0.3) is 0 Å². The first-order valence-electron chi connectivity index (χ1n) is 8.16. The fourth-order valence-electron chi connectivity index (χ4n) is 2.52. The van der Waals surface area contributed by atoms with Crippen molar-refractivity contribution in [2.75, 3.05) is 31.6 Å². The van der Waals surface area contributed by atoms with Crippen LogP contribution in [0, 0.1) is 12.8 Å². The average Bonchev–Trinajstić information content (AvgIpc) is 2.43. The van der Waals surface area contributed by atoms with Crippen molar-refractivity contribution >= 4 is 5.69 Å². The molecule has 3 heteroatoms. The average molecular weight is 292 g/mol. The number of benzene rings is 1. The van der Waals surface area contributed by atoms with Gasteiger partial charge in [-0.15, -0.1) is 0 Å². The van der Waals surface area contributed by atoms with E-state index in [0.29, 0.717) is 12.5 Å². The molecule has 1 aromatic rings. The molecule has 1 rings (SSSR count). The molecule has 0 heterocycles. The second kappa shape index (κ2) is 9.80. The number of hydrogen-bond acceptors (Lipinski definition) is 3. The van der Waals surface area contributed by atoms with Gasteiger partial charge in [0.2, 0.25) is 0 Å². The molecule has 0 atom stereocenters. The van der Waals surface area contributed by atoms with Crippen LogP contribution in [0.5, 0.6) is 0 Å². The van der Waals surface area contributed by atoms with E-state index >= 15 is 0 Å². The summed E-state index contributed by atoms with van der Waals surface area (Å²) in [6, 6.07) is 6.74. The zero-order chi connectivity index (χ0) is 15.7. The molecular weight excluding hydrogens is 260 g/mol. The molecule has 0 unspecified atom stereocenters. The monoisotopic (exact) mass is 292 g/mol. The van der Waals surface area contributed by atoms with Crippen molar-refractivity contribution in [1.29, 1.82) is 0 Å². The highest BCUT2D eigenvalue weighted by Crippen LogP contribution is 2.20. The minimum Gasteiger partial charge on any atom is -0.396 e. The Morgan fingerprint density at radius 3 is 2.57 bits per heavy atom. The lowest BCUT2D eigenvalue weighted by atomic mass is 10.1. The predicted octanol–water partition coefficient (Wildman–Crippen LogP) is 3.34.